The molecule has 1 aliphatic rings. The average Bonchev–Trinajstić information content (AvgIpc) is 2.46. The van der Waals surface area contributed by atoms with Crippen LogP contribution in [0.3, 0.4) is 0 Å². The Morgan fingerprint density at radius 1 is 1.21 bits per heavy atom. The molecule has 5 nitrogen and oxygen atoms in total. The Morgan fingerprint density at radius 2 is 1.83 bits per heavy atom. The lowest BCUT2D eigenvalue weighted by molar-refractivity contribution is -0.142. The van der Waals surface area contributed by atoms with Crippen molar-refractivity contribution >= 4 is 17.6 Å². The number of alkyl carbamates (subject to hydrolysis) is 1. The second-order valence-electron chi connectivity index (χ2n) is 7.23. The zero-order valence-corrected chi connectivity index (χ0v) is 14.6. The zero-order chi connectivity index (χ0) is 17.9. The van der Waals surface area contributed by atoms with Gasteiger partial charge in [-0.05, 0) is 51.7 Å². The summed E-state index contributed by atoms with van der Waals surface area (Å²) in [6.07, 6.45) is 2.29. The van der Waals surface area contributed by atoms with Gasteiger partial charge >= 0.3 is 12.1 Å². The van der Waals surface area contributed by atoms with Crippen molar-refractivity contribution in [3.8, 4) is 0 Å². The first-order valence-electron chi connectivity index (χ1n) is 8.14. The summed E-state index contributed by atoms with van der Waals surface area (Å²) < 4.78 is 5.23. The van der Waals surface area contributed by atoms with Gasteiger partial charge in [0, 0.05) is 6.04 Å². The molecule has 1 aliphatic carbocycles. The number of hydrogen-bond donors (Lipinski definition) is 2. The zero-order valence-electron chi connectivity index (χ0n) is 14.6. The van der Waals surface area contributed by atoms with E-state index in [0.29, 0.717) is 12.8 Å². The molecule has 5 heteroatoms. The van der Waals surface area contributed by atoms with Gasteiger partial charge in [-0.2, -0.15) is 0 Å². The fraction of sp³-hybridized carbons (Fsp3) is 0.474. The van der Waals surface area contributed by atoms with Gasteiger partial charge in [0.2, 0.25) is 0 Å². The summed E-state index contributed by atoms with van der Waals surface area (Å²) in [5.74, 6) is -1.58. The molecule has 0 radical (unpaired) electrons. The molecule has 0 fully saturated rings. The monoisotopic (exact) mass is 331 g/mol. The van der Waals surface area contributed by atoms with Gasteiger partial charge in [-0.25, -0.2) is 4.79 Å². The van der Waals surface area contributed by atoms with E-state index in [1.165, 1.54) is 0 Å². The number of amides is 1. The molecule has 2 atom stereocenters. The standard InChI is InChI=1S/C19H25NO4/c1-12-5-7-13(8-6-12)14-9-10-16(15(11-14)17(21)22)20-18(23)24-19(2,3)4/h5-9,15-16H,10-11H2,1-4H3,(H,20,23)(H,21,22)/t15-,16-/m0/s1. The van der Waals surface area contributed by atoms with Crippen molar-refractivity contribution in [2.75, 3.05) is 0 Å². The van der Waals surface area contributed by atoms with Gasteiger partial charge < -0.3 is 15.2 Å². The Labute approximate surface area is 142 Å². The van der Waals surface area contributed by atoms with Crippen molar-refractivity contribution in [2.24, 2.45) is 5.92 Å². The molecule has 0 spiro atoms. The SMILES string of the molecule is Cc1ccc(C2=CC[C@H](NC(=O)OC(C)(C)C)[C@@H](C(=O)O)C2)cc1. The quantitative estimate of drug-likeness (QED) is 0.884. The molecule has 24 heavy (non-hydrogen) atoms. The van der Waals surface area contributed by atoms with Crippen LogP contribution < -0.4 is 5.32 Å². The van der Waals surface area contributed by atoms with Gasteiger partial charge in [0.25, 0.3) is 0 Å². The number of carboxylic acids is 1. The lowest BCUT2D eigenvalue weighted by Gasteiger charge is -2.30. The predicted molar refractivity (Wildman–Crippen MR) is 92.7 cm³/mol. The number of rotatable bonds is 3. The van der Waals surface area contributed by atoms with E-state index in [9.17, 15) is 14.7 Å². The van der Waals surface area contributed by atoms with E-state index in [1.807, 2.05) is 37.3 Å². The highest BCUT2D eigenvalue weighted by atomic mass is 16.6. The molecule has 130 valence electrons. The molecule has 0 aliphatic heterocycles. The first-order chi connectivity index (χ1) is 11.2. The van der Waals surface area contributed by atoms with Crippen LogP contribution in [0.4, 0.5) is 4.79 Å². The smallest absolute Gasteiger partial charge is 0.407 e. The molecule has 0 heterocycles. The van der Waals surface area contributed by atoms with Gasteiger partial charge in [0.1, 0.15) is 5.60 Å². The van der Waals surface area contributed by atoms with E-state index >= 15 is 0 Å². The topological polar surface area (TPSA) is 75.6 Å². The van der Waals surface area contributed by atoms with Crippen LogP contribution in [-0.4, -0.2) is 28.8 Å². The number of aryl methyl sites for hydroxylation is 1. The lowest BCUT2D eigenvalue weighted by atomic mass is 9.82. The van der Waals surface area contributed by atoms with Crippen LogP contribution in [0.15, 0.2) is 30.3 Å². The highest BCUT2D eigenvalue weighted by Gasteiger charge is 2.34. The largest absolute Gasteiger partial charge is 0.481 e. The molecule has 0 bridgehead atoms. The first-order valence-corrected chi connectivity index (χ1v) is 8.14. The molecular formula is C19H25NO4. The van der Waals surface area contributed by atoms with Gasteiger partial charge in [0.15, 0.2) is 0 Å². The van der Waals surface area contributed by atoms with Gasteiger partial charge in [-0.15, -0.1) is 0 Å². The van der Waals surface area contributed by atoms with E-state index in [-0.39, 0.29) is 0 Å². The average molecular weight is 331 g/mol. The molecular weight excluding hydrogens is 306 g/mol. The lowest BCUT2D eigenvalue weighted by Crippen LogP contribution is -2.46. The number of nitrogens with one attached hydrogen (secondary N) is 1. The Morgan fingerprint density at radius 3 is 2.38 bits per heavy atom. The number of aliphatic carboxylic acids is 1. The van der Waals surface area contributed by atoms with Gasteiger partial charge in [-0.3, -0.25) is 4.79 Å². The molecule has 1 aromatic rings. The third-order valence-electron chi connectivity index (χ3n) is 3.99. The maximum atomic E-state index is 11.9. The number of ether oxygens (including phenoxy) is 1. The highest BCUT2D eigenvalue weighted by Crippen LogP contribution is 2.31. The van der Waals surface area contributed by atoms with E-state index < -0.39 is 29.6 Å². The summed E-state index contributed by atoms with van der Waals surface area (Å²) in [7, 11) is 0. The summed E-state index contributed by atoms with van der Waals surface area (Å²) >= 11 is 0. The summed E-state index contributed by atoms with van der Waals surface area (Å²) in [6.45, 7) is 7.34. The second kappa shape index (κ2) is 7.07. The minimum absolute atomic E-state index is 0.388. The maximum absolute atomic E-state index is 11.9. The van der Waals surface area contributed by atoms with Crippen LogP contribution in [0.25, 0.3) is 5.57 Å². The summed E-state index contributed by atoms with van der Waals surface area (Å²) in [5.41, 5.74) is 2.59. The molecule has 2 rings (SSSR count). The molecule has 1 aromatic carbocycles. The Bertz CT molecular complexity index is 640. The third-order valence-corrected chi connectivity index (χ3v) is 3.99. The van der Waals surface area contributed by atoms with E-state index in [2.05, 4.69) is 5.32 Å². The molecule has 0 unspecified atom stereocenters. The minimum atomic E-state index is -0.909. The van der Waals surface area contributed by atoms with Crippen LogP contribution in [0.2, 0.25) is 0 Å². The highest BCUT2D eigenvalue weighted by molar-refractivity contribution is 5.79. The fourth-order valence-electron chi connectivity index (χ4n) is 2.78. The van der Waals surface area contributed by atoms with Crippen LogP contribution in [0, 0.1) is 12.8 Å². The number of carbonyl (C=O) groups is 2. The maximum Gasteiger partial charge on any atom is 0.407 e. The predicted octanol–water partition coefficient (Wildman–Crippen LogP) is 3.77. The van der Waals surface area contributed by atoms with Crippen molar-refractivity contribution in [3.63, 3.8) is 0 Å². The van der Waals surface area contributed by atoms with Crippen molar-refractivity contribution < 1.29 is 19.4 Å². The summed E-state index contributed by atoms with van der Waals surface area (Å²) in [5, 5.41) is 12.2. The summed E-state index contributed by atoms with van der Waals surface area (Å²) in [4.78, 5) is 23.6. The van der Waals surface area contributed by atoms with Crippen LogP contribution in [-0.2, 0) is 9.53 Å². The number of hydrogen-bond acceptors (Lipinski definition) is 3. The number of allylic oxidation sites excluding steroid dienone is 1. The third kappa shape index (κ3) is 4.85. The van der Waals surface area contributed by atoms with Gasteiger partial charge in [0.05, 0.1) is 5.92 Å². The first kappa shape index (κ1) is 18.0. The number of benzene rings is 1. The van der Waals surface area contributed by atoms with Crippen LogP contribution in [0.1, 0.15) is 44.7 Å². The normalized spacial score (nSPS) is 20.9. The minimum Gasteiger partial charge on any atom is -0.481 e. The Hall–Kier alpha value is -2.30. The van der Waals surface area contributed by atoms with E-state index in [1.54, 1.807) is 20.8 Å². The second-order valence-corrected chi connectivity index (χ2v) is 7.23. The molecule has 0 saturated carbocycles. The summed E-state index contributed by atoms with van der Waals surface area (Å²) in [6, 6.07) is 7.56. The molecule has 1 amide bonds. The van der Waals surface area contributed by atoms with Gasteiger partial charge in [-0.1, -0.05) is 35.9 Å². The van der Waals surface area contributed by atoms with Crippen molar-refractivity contribution in [1.82, 2.24) is 5.32 Å². The van der Waals surface area contributed by atoms with Crippen molar-refractivity contribution in [1.29, 1.82) is 0 Å². The van der Waals surface area contributed by atoms with Crippen molar-refractivity contribution in [2.45, 2.75) is 52.2 Å². The van der Waals surface area contributed by atoms with Crippen LogP contribution in [0.5, 0.6) is 0 Å². The fourth-order valence-corrected chi connectivity index (χ4v) is 2.78. The Balaban J connectivity index is 2.12. The molecule has 0 aromatic heterocycles. The number of carbonyl (C=O) groups excluding carboxylic acids is 1. The molecule has 0 saturated heterocycles. The number of carboxylic acid groups (broad SMARTS) is 1. The van der Waals surface area contributed by atoms with E-state index in [0.717, 1.165) is 16.7 Å². The van der Waals surface area contributed by atoms with E-state index in [4.69, 9.17) is 4.74 Å². The molecule has 2 N–H and O–H groups in total. The van der Waals surface area contributed by atoms with Crippen LogP contribution >= 0.6 is 0 Å². The van der Waals surface area contributed by atoms with Crippen molar-refractivity contribution in [3.05, 3.63) is 41.5 Å². The Kier molecular flexibility index (Phi) is 5.32.